The number of carboxylic acid groups (broad SMARTS) is 1. The van der Waals surface area contributed by atoms with Crippen molar-refractivity contribution >= 4 is 41.1 Å². The quantitative estimate of drug-likeness (QED) is 0.128. The number of rotatable bonds is 7. The maximum atomic E-state index is 14.2. The lowest BCUT2D eigenvalue weighted by molar-refractivity contribution is -0.144. The largest absolute Gasteiger partial charge is 0.481 e. The summed E-state index contributed by atoms with van der Waals surface area (Å²) in [5.74, 6) is -8.97. The van der Waals surface area contributed by atoms with Gasteiger partial charge < -0.3 is 26.4 Å². The summed E-state index contributed by atoms with van der Waals surface area (Å²) in [6, 6.07) is 16.7. The molecule has 16 heteroatoms. The zero-order valence-electron chi connectivity index (χ0n) is 30.8. The number of carbonyl (C=O) groups excluding carboxylic acids is 5. The van der Waals surface area contributed by atoms with Gasteiger partial charge in [0, 0.05) is 37.8 Å². The summed E-state index contributed by atoms with van der Waals surface area (Å²) >= 11 is 0. The summed E-state index contributed by atoms with van der Waals surface area (Å²) in [6.07, 6.45) is -6.99. The first kappa shape index (κ1) is 42.7. The van der Waals surface area contributed by atoms with Crippen LogP contribution in [0.4, 0.5) is 27.6 Å². The van der Waals surface area contributed by atoms with Gasteiger partial charge in [-0.05, 0) is 71.5 Å². The van der Waals surface area contributed by atoms with Crippen LogP contribution in [0.5, 0.6) is 0 Å². The van der Waals surface area contributed by atoms with Gasteiger partial charge in [-0.15, -0.1) is 0 Å². The number of nitrogens with one attached hydrogen (secondary N) is 4. The fourth-order valence-corrected chi connectivity index (χ4v) is 6.38. The molecule has 2 heterocycles. The molecule has 0 saturated heterocycles. The van der Waals surface area contributed by atoms with Crippen molar-refractivity contribution in [1.29, 1.82) is 0 Å². The Kier molecular flexibility index (Phi) is 14.1. The fraction of sp³-hybridized carbons (Fsp3) is 0.286. The molecule has 11 nitrogen and oxygen atoms in total. The Morgan fingerprint density at radius 2 is 1.17 bits per heavy atom. The number of alkyl halides is 3. The molecule has 4 aromatic carbocycles. The standard InChI is InChI=1S/C42H39F5N4O7/c43-31-15-10-27(19-32(31)44)22-34-39(55)51-35(21-26-6-11-29(12-7-26)42(45,46)47)40(56)50-33(20-24-4-2-1-3-5-24)36(52)23-28(41(57)58)18-25-8-13-30(14-9-25)48-37(53)16-17-38(54)49-34/h1-15,19,28,33-35H,16-18,20-23H2,(H,48,53)(H,49,54)(H,50,56)(H,51,55)(H,57,58)/t28-,33-,34-,35+/m1/s1. The summed E-state index contributed by atoms with van der Waals surface area (Å²) in [5, 5.41) is 20.3. The van der Waals surface area contributed by atoms with Crippen molar-refractivity contribution in [3.05, 3.63) is 137 Å². The summed E-state index contributed by atoms with van der Waals surface area (Å²) in [4.78, 5) is 80.5. The molecule has 2 aliphatic rings. The molecule has 2 bridgehead atoms. The van der Waals surface area contributed by atoms with Crippen molar-refractivity contribution in [3.63, 3.8) is 0 Å². The molecule has 0 radical (unpaired) electrons. The van der Waals surface area contributed by atoms with Crippen LogP contribution in [-0.2, 0) is 60.6 Å². The van der Waals surface area contributed by atoms with E-state index in [1.807, 2.05) is 0 Å². The Balaban J connectivity index is 1.53. The summed E-state index contributed by atoms with van der Waals surface area (Å²) in [7, 11) is 0. The molecule has 0 aliphatic carbocycles. The second kappa shape index (κ2) is 19.1. The Hall–Kier alpha value is -6.45. The van der Waals surface area contributed by atoms with Gasteiger partial charge in [-0.25, -0.2) is 8.78 Å². The first-order valence-electron chi connectivity index (χ1n) is 18.2. The summed E-state index contributed by atoms with van der Waals surface area (Å²) in [5.41, 5.74) is 0.706. The highest BCUT2D eigenvalue weighted by molar-refractivity contribution is 5.97. The number of halogens is 5. The van der Waals surface area contributed by atoms with Gasteiger partial charge in [0.2, 0.25) is 23.6 Å². The van der Waals surface area contributed by atoms with E-state index in [-0.39, 0.29) is 30.4 Å². The van der Waals surface area contributed by atoms with Crippen LogP contribution >= 0.6 is 0 Å². The SMILES string of the molecule is O=C1CCC(=O)N[C@H](Cc2ccc(F)c(F)c2)C(=O)N[C@@H](Cc2ccc(C(F)(F)F)cc2)C(=O)N[C@H](Cc2ccccc2)C(=O)C[C@H](C(=O)O)Cc2ccc(cc2)N1. The molecule has 4 aromatic rings. The zero-order valence-corrected chi connectivity index (χ0v) is 30.8. The normalized spacial score (nSPS) is 20.3. The number of carbonyl (C=O) groups is 6. The van der Waals surface area contributed by atoms with E-state index in [0.29, 0.717) is 16.8 Å². The van der Waals surface area contributed by atoms with Crippen molar-refractivity contribution in [2.45, 2.75) is 69.2 Å². The van der Waals surface area contributed by atoms with Gasteiger partial charge in [0.25, 0.3) is 0 Å². The lowest BCUT2D eigenvalue weighted by Gasteiger charge is -2.26. The van der Waals surface area contributed by atoms with Crippen LogP contribution in [0.25, 0.3) is 0 Å². The van der Waals surface area contributed by atoms with Crippen molar-refractivity contribution < 1.29 is 55.8 Å². The van der Waals surface area contributed by atoms with E-state index in [1.54, 1.807) is 42.5 Å². The number of hydrogen-bond donors (Lipinski definition) is 5. The number of aliphatic carboxylic acids is 1. The smallest absolute Gasteiger partial charge is 0.416 e. The number of benzene rings is 4. The minimum Gasteiger partial charge on any atom is -0.481 e. The summed E-state index contributed by atoms with van der Waals surface area (Å²) < 4.78 is 68.1. The first-order valence-corrected chi connectivity index (χ1v) is 18.2. The lowest BCUT2D eigenvalue weighted by atomic mass is 9.90. The number of anilines is 1. The van der Waals surface area contributed by atoms with E-state index < -0.39 is 108 Å². The van der Waals surface area contributed by atoms with Gasteiger partial charge in [-0.1, -0.05) is 60.7 Å². The fourth-order valence-electron chi connectivity index (χ4n) is 6.38. The molecule has 304 valence electrons. The molecule has 0 spiro atoms. The predicted octanol–water partition coefficient (Wildman–Crippen LogP) is 5.10. The third-order valence-corrected chi connectivity index (χ3v) is 9.51. The monoisotopic (exact) mass is 806 g/mol. The third kappa shape index (κ3) is 12.3. The molecule has 0 aromatic heterocycles. The van der Waals surface area contributed by atoms with Gasteiger partial charge in [0.05, 0.1) is 17.5 Å². The van der Waals surface area contributed by atoms with Crippen LogP contribution in [0.1, 0.15) is 47.1 Å². The maximum Gasteiger partial charge on any atom is 0.416 e. The Bertz CT molecular complexity index is 2130. The van der Waals surface area contributed by atoms with Crippen molar-refractivity contribution in [3.8, 4) is 0 Å². The van der Waals surface area contributed by atoms with Crippen molar-refractivity contribution in [2.24, 2.45) is 5.92 Å². The van der Waals surface area contributed by atoms with E-state index in [2.05, 4.69) is 21.3 Å². The van der Waals surface area contributed by atoms with Gasteiger partial charge in [0.1, 0.15) is 12.1 Å². The van der Waals surface area contributed by atoms with Crippen LogP contribution < -0.4 is 21.3 Å². The first-order chi connectivity index (χ1) is 27.5. The Morgan fingerprint density at radius 3 is 1.79 bits per heavy atom. The molecule has 0 saturated carbocycles. The predicted molar refractivity (Wildman–Crippen MR) is 200 cm³/mol. The third-order valence-electron chi connectivity index (χ3n) is 9.51. The molecule has 0 fully saturated rings. The van der Waals surface area contributed by atoms with Gasteiger partial charge in [0.15, 0.2) is 17.4 Å². The van der Waals surface area contributed by atoms with Gasteiger partial charge >= 0.3 is 12.1 Å². The number of fused-ring (bicyclic) bond motifs is 18. The number of carboxylic acids is 1. The van der Waals surface area contributed by atoms with Gasteiger partial charge in [-0.3, -0.25) is 28.8 Å². The highest BCUT2D eigenvalue weighted by Gasteiger charge is 2.34. The maximum absolute atomic E-state index is 14.2. The Morgan fingerprint density at radius 1 is 0.621 bits per heavy atom. The zero-order chi connectivity index (χ0) is 42.0. The highest BCUT2D eigenvalue weighted by atomic mass is 19.4. The molecule has 5 N–H and O–H groups in total. The average Bonchev–Trinajstić information content (AvgIpc) is 3.18. The van der Waals surface area contributed by atoms with Crippen molar-refractivity contribution in [2.75, 3.05) is 5.32 Å². The summed E-state index contributed by atoms with van der Waals surface area (Å²) in [6.45, 7) is 0. The van der Waals surface area contributed by atoms with Crippen molar-refractivity contribution in [1.82, 2.24) is 16.0 Å². The molecular formula is C42H39F5N4O7. The van der Waals surface area contributed by atoms with Crippen LogP contribution in [0.2, 0.25) is 0 Å². The minimum atomic E-state index is -4.67. The number of hydrogen-bond acceptors (Lipinski definition) is 6. The van der Waals surface area contributed by atoms with Crippen LogP contribution in [0.15, 0.2) is 97.1 Å². The number of Topliss-reactive ketones (excluding diaryl/α,β-unsaturated/α-hetero) is 1. The second-order valence-electron chi connectivity index (χ2n) is 13.9. The van der Waals surface area contributed by atoms with Crippen LogP contribution in [-0.4, -0.2) is 58.6 Å². The molecule has 4 atom stereocenters. The minimum absolute atomic E-state index is 0.0660. The van der Waals surface area contributed by atoms with Gasteiger partial charge in [-0.2, -0.15) is 13.2 Å². The van der Waals surface area contributed by atoms with E-state index in [4.69, 9.17) is 0 Å². The molecular weight excluding hydrogens is 767 g/mol. The highest BCUT2D eigenvalue weighted by Crippen LogP contribution is 2.29. The molecule has 0 unspecified atom stereocenters. The topological polar surface area (TPSA) is 171 Å². The average molecular weight is 807 g/mol. The van der Waals surface area contributed by atoms with E-state index in [9.17, 15) is 55.8 Å². The lowest BCUT2D eigenvalue weighted by Crippen LogP contribution is -2.57. The Labute approximate surface area is 329 Å². The van der Waals surface area contributed by atoms with E-state index in [0.717, 1.165) is 36.4 Å². The van der Waals surface area contributed by atoms with E-state index >= 15 is 0 Å². The van der Waals surface area contributed by atoms with E-state index in [1.165, 1.54) is 18.2 Å². The van der Waals surface area contributed by atoms with Crippen LogP contribution in [0, 0.1) is 17.6 Å². The molecule has 6 rings (SSSR count). The number of ketones is 1. The van der Waals surface area contributed by atoms with Crippen LogP contribution in [0.3, 0.4) is 0 Å². The molecule has 58 heavy (non-hydrogen) atoms. The molecule has 2 aliphatic heterocycles. The number of amides is 4. The molecule has 4 amide bonds. The second-order valence-corrected chi connectivity index (χ2v) is 13.9.